The minimum atomic E-state index is -4.94. The molecule has 0 saturated heterocycles. The van der Waals surface area contributed by atoms with Crippen LogP contribution < -0.4 is 102 Å². The standard InChI is InChI=1S/2C62H92N6.ClHO4.Na/c2*1-9-17-45-63(46-18-10-2)53-25-33-57(34-26-53)67(58-35-27-54(28-36-58)64(47-19-11-3)48-20-12-4)61-41-43-62(44-42-61)68(59-37-29-55(30-38-59)65(49-21-13-5)50-22-14-6)60-39-31-56(32-40-60)66(51-23-15-7)52-24-16-8;2-1(3,4)5;/h2*25-44H,9-24,45-52H2,1-8H3;(H,2,3,4,5);/q;+2;;+1/p-1. The zero-order valence-electron chi connectivity index (χ0n) is 91.4. The first-order valence-electron chi connectivity index (χ1n) is 55.7. The molecule has 0 atom stereocenters. The van der Waals surface area contributed by atoms with Gasteiger partial charge in [0.2, 0.25) is 17.1 Å². The largest absolute Gasteiger partial charge is 1.00 e. The van der Waals surface area contributed by atoms with E-state index in [-0.39, 0.29) is 29.6 Å². The Bertz CT molecular complexity index is 4500. The first-order chi connectivity index (χ1) is 68.8. The number of unbranched alkanes of at least 4 members (excludes halogenated alkanes) is 16. The molecule has 0 saturated carbocycles. The monoisotopic (exact) mass is 1960 g/mol. The molecule has 0 radical (unpaired) electrons. The van der Waals surface area contributed by atoms with Gasteiger partial charge >= 0.3 is 29.6 Å². The van der Waals surface area contributed by atoms with Gasteiger partial charge in [-0.2, -0.15) is 4.58 Å². The van der Waals surface area contributed by atoms with Crippen molar-refractivity contribution in [2.75, 3.05) is 154 Å². The topological polar surface area (TPSA) is 131 Å². The third-order valence-corrected chi connectivity index (χ3v) is 27.0. The van der Waals surface area contributed by atoms with Crippen LogP contribution in [0.1, 0.15) is 316 Å². The summed E-state index contributed by atoms with van der Waals surface area (Å²) in [7, 11) is -4.94. The number of hydrogen-bond acceptors (Lipinski definition) is 14. The van der Waals surface area contributed by atoms with Crippen molar-refractivity contribution in [3.8, 4) is 0 Å². The molecule has 0 N–H and O–H groups in total. The molecule has 0 heterocycles. The van der Waals surface area contributed by atoms with E-state index in [0.29, 0.717) is 0 Å². The number of anilines is 16. The molecule has 16 nitrogen and oxygen atoms in total. The van der Waals surface area contributed by atoms with Gasteiger partial charge in [-0.3, -0.25) is 0 Å². The maximum Gasteiger partial charge on any atom is 1.00 e. The van der Waals surface area contributed by atoms with Crippen LogP contribution in [-0.4, -0.2) is 121 Å². The molecular formula is C124H184ClN12NaO4+2. The third kappa shape index (κ3) is 40.0. The first kappa shape index (κ1) is 120. The second-order valence-corrected chi connectivity index (χ2v) is 39.2. The van der Waals surface area contributed by atoms with E-state index >= 15 is 0 Å². The van der Waals surface area contributed by atoms with Crippen LogP contribution in [0.15, 0.2) is 243 Å². The average Bonchev–Trinajstić information content (AvgIpc) is 0.785. The third-order valence-electron chi connectivity index (χ3n) is 27.0. The van der Waals surface area contributed by atoms with Crippen LogP contribution in [-0.2, 0) is 0 Å². The van der Waals surface area contributed by atoms with E-state index in [9.17, 15) is 0 Å². The molecule has 0 spiro atoms. The number of halogens is 1. The Morgan fingerprint density at radius 3 is 0.437 bits per heavy atom. The smallest absolute Gasteiger partial charge is 0.372 e. The van der Waals surface area contributed by atoms with Gasteiger partial charge in [-0.15, -0.1) is 10.2 Å². The molecule has 9 aromatic rings. The van der Waals surface area contributed by atoms with Crippen molar-refractivity contribution in [3.05, 3.63) is 243 Å². The Morgan fingerprint density at radius 2 is 0.296 bits per heavy atom. The van der Waals surface area contributed by atoms with E-state index in [2.05, 4.69) is 412 Å². The Morgan fingerprint density at radius 1 is 0.176 bits per heavy atom. The fourth-order valence-corrected chi connectivity index (χ4v) is 18.3. The molecule has 1 aliphatic carbocycles. The van der Waals surface area contributed by atoms with E-state index in [1.807, 2.05) is 0 Å². The fraction of sp³-hybridized carbons (Fsp3) is 0.516. The van der Waals surface area contributed by atoms with Crippen LogP contribution in [0.4, 0.5) is 102 Å². The van der Waals surface area contributed by atoms with Crippen molar-refractivity contribution in [2.24, 2.45) is 0 Å². The Kier molecular flexibility index (Phi) is 58.3. The van der Waals surface area contributed by atoms with E-state index in [4.69, 9.17) is 18.6 Å². The van der Waals surface area contributed by atoms with Gasteiger partial charge in [0, 0.05) is 244 Å². The van der Waals surface area contributed by atoms with Gasteiger partial charge in [0.05, 0.1) is 0 Å². The van der Waals surface area contributed by atoms with Crippen LogP contribution in [0, 0.1) is 10.2 Å². The van der Waals surface area contributed by atoms with Gasteiger partial charge in [-0.25, -0.2) is 23.2 Å². The molecule has 0 aromatic heterocycles. The Balaban J connectivity index is 0.000000365. The maximum atomic E-state index is 8.49. The minimum Gasteiger partial charge on any atom is -0.372 e. The summed E-state index contributed by atoms with van der Waals surface area (Å²) in [6.45, 7) is 54.3. The summed E-state index contributed by atoms with van der Waals surface area (Å²) in [5.41, 5.74) is 24.5. The molecule has 0 amide bonds. The normalized spacial score (nSPS) is 11.6. The number of benzene rings is 9. The van der Waals surface area contributed by atoms with Crippen LogP contribution in [0.5, 0.6) is 0 Å². The quantitative estimate of drug-likeness (QED) is 0.0204. The van der Waals surface area contributed by atoms with Gasteiger partial charge in [-0.1, -0.05) is 214 Å². The van der Waals surface area contributed by atoms with Gasteiger partial charge in [-0.05, 0) is 284 Å². The fourth-order valence-electron chi connectivity index (χ4n) is 18.3. The van der Waals surface area contributed by atoms with Crippen molar-refractivity contribution in [3.63, 3.8) is 0 Å². The molecule has 1 aliphatic rings. The SMILES string of the molecule is CCCCN(CCCC)c1ccc(N(c2ccc(N(CCCC)CCCC)cc2)c2ccc(N(c3ccc(N(CCCC)CCCC)cc3)c3ccc(N(CCCC)CCCC)cc3)cc2)cc1.CCCCN(CCCC)c1ccc(N(c2ccc(N(CCCC)CCCC)cc2)c2ccc([N+](=C3C=CC(=[N+](CCCC)CCCC)C=C3)c3ccc(N(CCCC)CCCC)cc3)cc2)cc1.[Na+].[O-][Cl+3]([O-])([O-])[O-]. The molecule has 10 rings (SSSR count). The summed E-state index contributed by atoms with van der Waals surface area (Å²) >= 11 is 0. The van der Waals surface area contributed by atoms with E-state index in [0.717, 1.165) is 127 Å². The zero-order valence-corrected chi connectivity index (χ0v) is 94.2. The Hall–Kier alpha value is -9.07. The molecule has 9 aromatic carbocycles. The summed E-state index contributed by atoms with van der Waals surface area (Å²) in [5, 5.41) is 0. The molecule has 0 aliphatic heterocycles. The first-order valence-corrected chi connectivity index (χ1v) is 56.9. The van der Waals surface area contributed by atoms with Crippen molar-refractivity contribution < 1.29 is 63.0 Å². The van der Waals surface area contributed by atoms with Crippen molar-refractivity contribution in [1.82, 2.24) is 4.58 Å². The number of nitrogens with zero attached hydrogens (tertiary/aromatic N) is 12. The minimum absolute atomic E-state index is 0. The summed E-state index contributed by atoms with van der Waals surface area (Å²) in [6.07, 6.45) is 48.0. The van der Waals surface area contributed by atoms with E-state index < -0.39 is 10.2 Å². The van der Waals surface area contributed by atoms with Crippen molar-refractivity contribution in [2.45, 2.75) is 316 Å². The summed E-state index contributed by atoms with van der Waals surface area (Å²) in [4.78, 5) is 25.4. The van der Waals surface area contributed by atoms with Crippen LogP contribution in [0.2, 0.25) is 0 Å². The predicted molar refractivity (Wildman–Crippen MR) is 607 cm³/mol. The molecule has 0 fully saturated rings. The van der Waals surface area contributed by atoms with Crippen LogP contribution in [0.3, 0.4) is 0 Å². The molecule has 0 unspecified atom stereocenters. The van der Waals surface area contributed by atoms with Crippen molar-refractivity contribution >= 4 is 114 Å². The second kappa shape index (κ2) is 69.1. The molecule has 0 bridgehead atoms. The van der Waals surface area contributed by atoms with Crippen molar-refractivity contribution in [1.29, 1.82) is 0 Å². The number of rotatable bonds is 66. The van der Waals surface area contributed by atoms with E-state index in [1.165, 1.54) is 297 Å². The molecular weight excluding hydrogens is 1780 g/mol. The average molecular weight is 1970 g/mol. The second-order valence-electron chi connectivity index (χ2n) is 38.4. The maximum absolute atomic E-state index is 8.49. The van der Waals surface area contributed by atoms with Crippen LogP contribution in [0.25, 0.3) is 0 Å². The Labute approximate surface area is 887 Å². The van der Waals surface area contributed by atoms with Gasteiger partial charge in [0.15, 0.2) is 5.71 Å². The summed E-state index contributed by atoms with van der Waals surface area (Å²) < 4.78 is 39.0. The molecule has 18 heteroatoms. The summed E-state index contributed by atoms with van der Waals surface area (Å²) in [6, 6.07) is 84.1. The van der Waals surface area contributed by atoms with Crippen LogP contribution >= 0.6 is 0 Å². The predicted octanol–water partition coefficient (Wildman–Crippen LogP) is 27.3. The number of allylic oxidation sites excluding steroid dienone is 4. The molecule has 142 heavy (non-hydrogen) atoms. The summed E-state index contributed by atoms with van der Waals surface area (Å²) in [5.74, 6) is 0. The molecule has 770 valence electrons. The van der Waals surface area contributed by atoms with Gasteiger partial charge in [0.25, 0.3) is 0 Å². The zero-order chi connectivity index (χ0) is 101. The van der Waals surface area contributed by atoms with E-state index in [1.54, 1.807) is 0 Å². The van der Waals surface area contributed by atoms with Gasteiger partial charge < -0.3 is 49.0 Å². The van der Waals surface area contributed by atoms with Gasteiger partial charge in [0.1, 0.15) is 13.1 Å². The number of hydrogen-bond donors (Lipinski definition) is 0.